The lowest BCUT2D eigenvalue weighted by molar-refractivity contribution is -0.115. The summed E-state index contributed by atoms with van der Waals surface area (Å²) in [7, 11) is -1.30. The summed E-state index contributed by atoms with van der Waals surface area (Å²) in [6, 6.07) is 7.66. The molecule has 0 aliphatic heterocycles. The number of hydrogen-bond donors (Lipinski definition) is 1. The molecule has 118 valence electrons. The van der Waals surface area contributed by atoms with Gasteiger partial charge in [0.1, 0.15) is 11.0 Å². The maximum absolute atomic E-state index is 12.4. The molecule has 2 rings (SSSR count). The number of amides is 1. The maximum atomic E-state index is 12.4. The highest BCUT2D eigenvalue weighted by molar-refractivity contribution is 7.85. The molecular weight excluding hydrogens is 300 g/mol. The van der Waals surface area contributed by atoms with Crippen molar-refractivity contribution in [2.75, 3.05) is 5.32 Å². The van der Waals surface area contributed by atoms with Crippen molar-refractivity contribution < 1.29 is 13.5 Å². The first kappa shape index (κ1) is 16.4. The number of nitrogens with one attached hydrogen (secondary N) is 1. The summed E-state index contributed by atoms with van der Waals surface area (Å²) in [6.07, 6.45) is 0. The van der Waals surface area contributed by atoms with Gasteiger partial charge in [-0.2, -0.15) is 0 Å². The molecule has 1 aromatic carbocycles. The fourth-order valence-electron chi connectivity index (χ4n) is 2.01. The Kier molecular flexibility index (Phi) is 5.13. The van der Waals surface area contributed by atoms with Crippen LogP contribution in [0.2, 0.25) is 0 Å². The summed E-state index contributed by atoms with van der Waals surface area (Å²) >= 11 is 0. The van der Waals surface area contributed by atoms with Gasteiger partial charge in [-0.3, -0.25) is 9.00 Å². The van der Waals surface area contributed by atoms with Crippen LogP contribution in [0.5, 0.6) is 0 Å². The number of anilines is 1. The van der Waals surface area contributed by atoms with E-state index >= 15 is 0 Å². The summed E-state index contributed by atoms with van der Waals surface area (Å²) in [6.45, 7) is 7.37. The lowest BCUT2D eigenvalue weighted by atomic mass is 10.1. The Hall–Kier alpha value is -1.95. The van der Waals surface area contributed by atoms with Gasteiger partial charge in [-0.15, -0.1) is 0 Å². The van der Waals surface area contributed by atoms with Crippen LogP contribution >= 0.6 is 0 Å². The van der Waals surface area contributed by atoms with Gasteiger partial charge < -0.3 is 9.84 Å². The van der Waals surface area contributed by atoms with Crippen molar-refractivity contribution in [1.82, 2.24) is 5.16 Å². The molecule has 1 heterocycles. The van der Waals surface area contributed by atoms with Crippen LogP contribution < -0.4 is 5.32 Å². The van der Waals surface area contributed by atoms with Crippen molar-refractivity contribution in [3.8, 4) is 0 Å². The molecule has 0 bridgehead atoms. The minimum absolute atomic E-state index is 0.322. The summed E-state index contributed by atoms with van der Waals surface area (Å²) in [5, 5.41) is 5.69. The summed E-state index contributed by atoms with van der Waals surface area (Å²) in [5.74, 6) is 0.995. The van der Waals surface area contributed by atoms with E-state index in [0.717, 1.165) is 16.7 Å². The number of rotatable bonds is 5. The molecule has 0 spiro atoms. The van der Waals surface area contributed by atoms with Gasteiger partial charge in [0.05, 0.1) is 0 Å². The molecule has 22 heavy (non-hydrogen) atoms. The Morgan fingerprint density at radius 3 is 2.68 bits per heavy atom. The molecule has 2 atom stereocenters. The summed E-state index contributed by atoms with van der Waals surface area (Å²) < 4.78 is 17.3. The van der Waals surface area contributed by atoms with Gasteiger partial charge in [-0.1, -0.05) is 28.9 Å². The molecule has 0 saturated carbocycles. The largest absolute Gasteiger partial charge is 0.360 e. The molecule has 0 radical (unpaired) electrons. The third kappa shape index (κ3) is 4.04. The van der Waals surface area contributed by atoms with E-state index < -0.39 is 16.0 Å². The normalized spacial score (nSPS) is 13.6. The van der Waals surface area contributed by atoms with Crippen molar-refractivity contribution in [2.45, 2.75) is 38.7 Å². The minimum Gasteiger partial charge on any atom is -0.360 e. The van der Waals surface area contributed by atoms with Crippen molar-refractivity contribution in [3.63, 3.8) is 0 Å². The average Bonchev–Trinajstić information content (AvgIpc) is 2.87. The molecule has 0 fully saturated rings. The lowest BCUT2D eigenvalue weighted by Gasteiger charge is -2.12. The van der Waals surface area contributed by atoms with Crippen molar-refractivity contribution in [1.29, 1.82) is 0 Å². The molecule has 6 heteroatoms. The summed E-state index contributed by atoms with van der Waals surface area (Å²) in [5.41, 5.74) is 3.21. The van der Waals surface area contributed by atoms with Crippen LogP contribution in [0.1, 0.15) is 29.4 Å². The molecule has 1 aromatic heterocycles. The van der Waals surface area contributed by atoms with Crippen molar-refractivity contribution in [3.05, 3.63) is 46.7 Å². The Labute approximate surface area is 132 Å². The van der Waals surface area contributed by atoms with E-state index in [1.807, 2.05) is 32.0 Å². The number of hydrogen-bond acceptors (Lipinski definition) is 4. The van der Waals surface area contributed by atoms with E-state index in [1.54, 1.807) is 19.9 Å². The second-order valence-corrected chi connectivity index (χ2v) is 7.17. The highest BCUT2D eigenvalue weighted by Gasteiger charge is 2.21. The van der Waals surface area contributed by atoms with Gasteiger partial charge in [-0.05, 0) is 38.8 Å². The van der Waals surface area contributed by atoms with Crippen LogP contribution in [-0.4, -0.2) is 20.5 Å². The number of carbonyl (C=O) groups excluding carboxylic acids is 1. The van der Waals surface area contributed by atoms with Crippen molar-refractivity contribution in [2.24, 2.45) is 0 Å². The number of aromatic nitrogens is 1. The van der Waals surface area contributed by atoms with Crippen LogP contribution in [0.3, 0.4) is 0 Å². The molecule has 1 amide bonds. The zero-order valence-electron chi connectivity index (χ0n) is 13.2. The first-order chi connectivity index (χ1) is 10.4. The lowest BCUT2D eigenvalue weighted by Crippen LogP contribution is -2.30. The van der Waals surface area contributed by atoms with Gasteiger partial charge in [0.25, 0.3) is 0 Å². The Bertz CT molecular complexity index is 709. The number of aryl methyl sites for hydroxylation is 3. The van der Waals surface area contributed by atoms with E-state index in [-0.39, 0.29) is 5.91 Å². The van der Waals surface area contributed by atoms with E-state index in [2.05, 4.69) is 10.5 Å². The second kappa shape index (κ2) is 6.87. The molecule has 1 N–H and O–H groups in total. The molecule has 0 aliphatic rings. The highest BCUT2D eigenvalue weighted by atomic mass is 32.2. The van der Waals surface area contributed by atoms with Gasteiger partial charge in [0.2, 0.25) is 5.91 Å². The Morgan fingerprint density at radius 1 is 1.32 bits per heavy atom. The molecular formula is C16H20N2O3S. The fourth-order valence-corrected chi connectivity index (χ4v) is 3.17. The SMILES string of the molecule is Cc1ccc(C)c(C[S@](=O)[C@H](C)C(=O)Nc2cc(C)on2)c1. The van der Waals surface area contributed by atoms with Crippen LogP contribution in [-0.2, 0) is 21.3 Å². The zero-order chi connectivity index (χ0) is 16.3. The fraction of sp³-hybridized carbons (Fsp3) is 0.375. The number of benzene rings is 1. The Balaban J connectivity index is 2.02. The van der Waals surface area contributed by atoms with E-state index in [4.69, 9.17) is 4.52 Å². The smallest absolute Gasteiger partial charge is 0.241 e. The quantitative estimate of drug-likeness (QED) is 0.919. The Morgan fingerprint density at radius 2 is 2.05 bits per heavy atom. The van der Waals surface area contributed by atoms with E-state index in [1.165, 1.54) is 0 Å². The minimum atomic E-state index is -1.30. The van der Waals surface area contributed by atoms with Gasteiger partial charge in [-0.25, -0.2) is 0 Å². The monoisotopic (exact) mass is 320 g/mol. The van der Waals surface area contributed by atoms with E-state index in [0.29, 0.717) is 17.3 Å². The zero-order valence-corrected chi connectivity index (χ0v) is 14.0. The average molecular weight is 320 g/mol. The highest BCUT2D eigenvalue weighted by Crippen LogP contribution is 2.16. The number of nitrogens with zero attached hydrogens (tertiary/aromatic N) is 1. The van der Waals surface area contributed by atoms with Gasteiger partial charge >= 0.3 is 0 Å². The van der Waals surface area contributed by atoms with Gasteiger partial charge in [0, 0.05) is 22.6 Å². The molecule has 2 aromatic rings. The first-order valence-corrected chi connectivity index (χ1v) is 8.42. The van der Waals surface area contributed by atoms with E-state index in [9.17, 15) is 9.00 Å². The number of carbonyl (C=O) groups is 1. The van der Waals surface area contributed by atoms with Gasteiger partial charge in [0.15, 0.2) is 5.82 Å². The predicted octanol–water partition coefficient (Wildman–Crippen LogP) is 2.88. The van der Waals surface area contributed by atoms with Crippen LogP contribution in [0.4, 0.5) is 5.82 Å². The topological polar surface area (TPSA) is 72.2 Å². The van der Waals surface area contributed by atoms with Crippen LogP contribution in [0, 0.1) is 20.8 Å². The predicted molar refractivity (Wildman–Crippen MR) is 87.1 cm³/mol. The van der Waals surface area contributed by atoms with Crippen LogP contribution in [0.15, 0.2) is 28.8 Å². The molecule has 0 aliphatic carbocycles. The maximum Gasteiger partial charge on any atom is 0.241 e. The first-order valence-electron chi connectivity index (χ1n) is 7.04. The second-order valence-electron chi connectivity index (χ2n) is 5.41. The third-order valence-corrected chi connectivity index (χ3v) is 5.04. The van der Waals surface area contributed by atoms with Crippen molar-refractivity contribution >= 4 is 22.5 Å². The molecule has 5 nitrogen and oxygen atoms in total. The molecule has 0 saturated heterocycles. The molecule has 0 unspecified atom stereocenters. The van der Waals surface area contributed by atoms with Crippen LogP contribution in [0.25, 0.3) is 0 Å². The third-order valence-electron chi connectivity index (χ3n) is 3.45. The summed E-state index contributed by atoms with van der Waals surface area (Å²) in [4.78, 5) is 12.1. The standard InChI is InChI=1S/C16H20N2O3S/c1-10-5-6-11(2)14(7-10)9-22(20)13(4)16(19)17-15-8-12(3)21-18-15/h5-8,13H,9H2,1-4H3,(H,17,18,19)/t13-,22+/m1/s1.